The van der Waals surface area contributed by atoms with Crippen LogP contribution in [0.3, 0.4) is 0 Å². The van der Waals surface area contributed by atoms with Crippen molar-refractivity contribution in [1.82, 2.24) is 4.98 Å². The molecule has 2 N–H and O–H groups in total. The molecule has 19 heavy (non-hydrogen) atoms. The first-order valence-electron chi connectivity index (χ1n) is 5.50. The fourth-order valence-electron chi connectivity index (χ4n) is 1.76. The Morgan fingerprint density at radius 2 is 2.05 bits per heavy atom. The van der Waals surface area contributed by atoms with E-state index >= 15 is 0 Å². The molecule has 0 bridgehead atoms. The molecule has 2 aromatic rings. The number of hydrogen-bond donors (Lipinski definition) is 2. The summed E-state index contributed by atoms with van der Waals surface area (Å²) in [5.74, 6) is -0.803. The highest BCUT2D eigenvalue weighted by Gasteiger charge is 2.10. The van der Waals surface area contributed by atoms with Crippen molar-refractivity contribution in [2.75, 3.05) is 12.4 Å². The van der Waals surface area contributed by atoms with Crippen molar-refractivity contribution >= 4 is 28.5 Å². The van der Waals surface area contributed by atoms with E-state index in [1.165, 1.54) is 26.3 Å². The highest BCUT2D eigenvalue weighted by Crippen LogP contribution is 2.29. The van der Waals surface area contributed by atoms with Gasteiger partial charge in [-0.2, -0.15) is 0 Å². The summed E-state index contributed by atoms with van der Waals surface area (Å²) in [7, 11) is 1.47. The SMILES string of the molecule is COc1cc(NC(C)=O)cc2ncc(C(=O)O)cc12. The van der Waals surface area contributed by atoms with E-state index in [2.05, 4.69) is 10.3 Å². The summed E-state index contributed by atoms with van der Waals surface area (Å²) in [5, 5.41) is 12.2. The monoisotopic (exact) mass is 260 g/mol. The number of carbonyl (C=O) groups is 2. The highest BCUT2D eigenvalue weighted by molar-refractivity contribution is 5.98. The number of ether oxygens (including phenoxy) is 1. The second-order valence-corrected chi connectivity index (χ2v) is 3.96. The van der Waals surface area contributed by atoms with Crippen LogP contribution in [-0.4, -0.2) is 29.1 Å². The minimum atomic E-state index is -1.05. The van der Waals surface area contributed by atoms with E-state index in [0.717, 1.165) is 0 Å². The summed E-state index contributed by atoms with van der Waals surface area (Å²) in [6.45, 7) is 1.40. The molecular weight excluding hydrogens is 248 g/mol. The molecule has 0 unspecified atom stereocenters. The topological polar surface area (TPSA) is 88.5 Å². The zero-order valence-electron chi connectivity index (χ0n) is 10.4. The first-order valence-corrected chi connectivity index (χ1v) is 5.50. The molecule has 6 nitrogen and oxygen atoms in total. The number of methoxy groups -OCH3 is 1. The van der Waals surface area contributed by atoms with Crippen molar-refractivity contribution in [2.45, 2.75) is 6.92 Å². The number of aromatic nitrogens is 1. The van der Waals surface area contributed by atoms with E-state index in [9.17, 15) is 9.59 Å². The molecule has 1 amide bonds. The number of hydrogen-bond acceptors (Lipinski definition) is 4. The van der Waals surface area contributed by atoms with Gasteiger partial charge in [0.2, 0.25) is 5.91 Å². The summed E-state index contributed by atoms with van der Waals surface area (Å²) >= 11 is 0. The highest BCUT2D eigenvalue weighted by atomic mass is 16.5. The lowest BCUT2D eigenvalue weighted by atomic mass is 10.1. The van der Waals surface area contributed by atoms with Gasteiger partial charge < -0.3 is 15.2 Å². The van der Waals surface area contributed by atoms with Crippen molar-refractivity contribution in [3.63, 3.8) is 0 Å². The van der Waals surface area contributed by atoms with Gasteiger partial charge in [-0.15, -0.1) is 0 Å². The normalized spacial score (nSPS) is 10.2. The number of fused-ring (bicyclic) bond motifs is 1. The molecule has 1 heterocycles. The van der Waals surface area contributed by atoms with Gasteiger partial charge in [-0.05, 0) is 12.1 Å². The Balaban J connectivity index is 2.62. The number of aromatic carboxylic acids is 1. The summed E-state index contributed by atoms with van der Waals surface area (Å²) in [4.78, 5) is 26.0. The summed E-state index contributed by atoms with van der Waals surface area (Å²) in [6.07, 6.45) is 1.27. The maximum atomic E-state index is 11.0. The van der Waals surface area contributed by atoms with E-state index in [0.29, 0.717) is 22.3 Å². The maximum absolute atomic E-state index is 11.0. The van der Waals surface area contributed by atoms with Crippen molar-refractivity contribution in [3.8, 4) is 5.75 Å². The first-order chi connectivity index (χ1) is 9.01. The van der Waals surface area contributed by atoms with Gasteiger partial charge in [0.05, 0.1) is 18.2 Å². The van der Waals surface area contributed by atoms with Gasteiger partial charge in [-0.3, -0.25) is 9.78 Å². The van der Waals surface area contributed by atoms with Crippen LogP contribution in [0.25, 0.3) is 10.9 Å². The number of nitrogens with zero attached hydrogens (tertiary/aromatic N) is 1. The van der Waals surface area contributed by atoms with Gasteiger partial charge in [-0.25, -0.2) is 4.79 Å². The third kappa shape index (κ3) is 2.62. The Bertz CT molecular complexity index is 667. The van der Waals surface area contributed by atoms with Gasteiger partial charge in [0.25, 0.3) is 0 Å². The fourth-order valence-corrected chi connectivity index (χ4v) is 1.76. The van der Waals surface area contributed by atoms with E-state index < -0.39 is 5.97 Å². The number of carbonyl (C=O) groups excluding carboxylic acids is 1. The lowest BCUT2D eigenvalue weighted by molar-refractivity contribution is -0.114. The molecule has 0 aliphatic heterocycles. The van der Waals surface area contributed by atoms with E-state index in [-0.39, 0.29) is 11.5 Å². The van der Waals surface area contributed by atoms with E-state index in [1.54, 1.807) is 12.1 Å². The Morgan fingerprint density at radius 3 is 2.63 bits per heavy atom. The van der Waals surface area contributed by atoms with Crippen LogP contribution in [-0.2, 0) is 4.79 Å². The Morgan fingerprint density at radius 1 is 1.32 bits per heavy atom. The van der Waals surface area contributed by atoms with Crippen molar-refractivity contribution in [2.24, 2.45) is 0 Å². The Hall–Kier alpha value is -2.63. The fraction of sp³-hybridized carbons (Fsp3) is 0.154. The average molecular weight is 260 g/mol. The smallest absolute Gasteiger partial charge is 0.337 e. The second kappa shape index (κ2) is 4.93. The summed E-state index contributed by atoms with van der Waals surface area (Å²) < 4.78 is 5.20. The third-order valence-corrected chi connectivity index (χ3v) is 2.55. The summed E-state index contributed by atoms with van der Waals surface area (Å²) in [6, 6.07) is 4.77. The quantitative estimate of drug-likeness (QED) is 0.879. The number of rotatable bonds is 3. The van der Waals surface area contributed by atoms with Crippen LogP contribution >= 0.6 is 0 Å². The van der Waals surface area contributed by atoms with Crippen LogP contribution in [0.15, 0.2) is 24.4 Å². The van der Waals surface area contributed by atoms with Crippen molar-refractivity contribution in [3.05, 3.63) is 30.0 Å². The van der Waals surface area contributed by atoms with Crippen LogP contribution in [0, 0.1) is 0 Å². The lowest BCUT2D eigenvalue weighted by Crippen LogP contribution is -2.06. The number of carboxylic acids is 1. The number of benzene rings is 1. The standard InChI is InChI=1S/C13H12N2O4/c1-7(16)15-9-4-11-10(12(5-9)19-2)3-8(6-14-11)13(17)18/h3-6H,1-2H3,(H,15,16)(H,17,18). The molecule has 0 atom stereocenters. The average Bonchev–Trinajstić information content (AvgIpc) is 2.36. The zero-order valence-corrected chi connectivity index (χ0v) is 10.4. The minimum absolute atomic E-state index is 0.0816. The minimum Gasteiger partial charge on any atom is -0.496 e. The summed E-state index contributed by atoms with van der Waals surface area (Å²) in [5.41, 5.74) is 1.18. The molecule has 0 aliphatic rings. The van der Waals surface area contributed by atoms with E-state index in [4.69, 9.17) is 9.84 Å². The number of pyridine rings is 1. The first kappa shape index (κ1) is 12.8. The van der Waals surface area contributed by atoms with Crippen molar-refractivity contribution in [1.29, 1.82) is 0 Å². The maximum Gasteiger partial charge on any atom is 0.337 e. The van der Waals surface area contributed by atoms with E-state index in [1.807, 2.05) is 0 Å². The van der Waals surface area contributed by atoms with Gasteiger partial charge >= 0.3 is 5.97 Å². The Labute approximate surface area is 109 Å². The molecule has 6 heteroatoms. The molecule has 0 saturated carbocycles. The Kier molecular flexibility index (Phi) is 3.33. The van der Waals surface area contributed by atoms with Crippen LogP contribution in [0.5, 0.6) is 5.75 Å². The van der Waals surface area contributed by atoms with Gasteiger partial charge in [0, 0.05) is 30.3 Å². The van der Waals surface area contributed by atoms with Gasteiger partial charge in [0.1, 0.15) is 5.75 Å². The predicted molar refractivity (Wildman–Crippen MR) is 69.6 cm³/mol. The third-order valence-electron chi connectivity index (χ3n) is 2.55. The molecule has 2 rings (SSSR count). The van der Waals surface area contributed by atoms with Gasteiger partial charge in [-0.1, -0.05) is 0 Å². The van der Waals surface area contributed by atoms with Gasteiger partial charge in [0.15, 0.2) is 0 Å². The zero-order chi connectivity index (χ0) is 14.0. The van der Waals surface area contributed by atoms with Crippen LogP contribution < -0.4 is 10.1 Å². The molecule has 1 aromatic carbocycles. The molecule has 0 aliphatic carbocycles. The number of nitrogens with one attached hydrogen (secondary N) is 1. The molecule has 1 aromatic heterocycles. The predicted octanol–water partition coefficient (Wildman–Crippen LogP) is 1.90. The number of carboxylic acid groups (broad SMARTS) is 1. The molecule has 98 valence electrons. The van der Waals surface area contributed by atoms with Crippen LogP contribution in [0.1, 0.15) is 17.3 Å². The largest absolute Gasteiger partial charge is 0.496 e. The molecule has 0 spiro atoms. The van der Waals surface area contributed by atoms with Crippen LogP contribution in [0.2, 0.25) is 0 Å². The molecule has 0 radical (unpaired) electrons. The number of amides is 1. The van der Waals surface area contributed by atoms with Crippen LogP contribution in [0.4, 0.5) is 5.69 Å². The van der Waals surface area contributed by atoms with Crippen molar-refractivity contribution < 1.29 is 19.4 Å². The molecule has 0 fully saturated rings. The molecule has 0 saturated heterocycles. The number of anilines is 1. The second-order valence-electron chi connectivity index (χ2n) is 3.96. The molecular formula is C13H12N2O4. The lowest BCUT2D eigenvalue weighted by Gasteiger charge is -2.09.